The van der Waals surface area contributed by atoms with E-state index in [1.807, 2.05) is 19.2 Å². The summed E-state index contributed by atoms with van der Waals surface area (Å²) < 4.78 is 0. The molecule has 3 heteroatoms. The minimum absolute atomic E-state index is 0.103. The lowest BCUT2D eigenvalue weighted by Gasteiger charge is -2.17. The van der Waals surface area contributed by atoms with Crippen LogP contribution >= 0.6 is 11.8 Å². The van der Waals surface area contributed by atoms with Crippen LogP contribution in [0.3, 0.4) is 0 Å². The first-order chi connectivity index (χ1) is 11.7. The van der Waals surface area contributed by atoms with Crippen LogP contribution in [0.15, 0.2) is 88.9 Å². The van der Waals surface area contributed by atoms with Crippen LogP contribution in [-0.2, 0) is 4.79 Å². The van der Waals surface area contributed by atoms with Gasteiger partial charge in [-0.1, -0.05) is 60.8 Å². The number of nitrogens with zero attached hydrogens (tertiary/aromatic N) is 1. The standard InChI is InChI=1S/C21H17NOS/c1-4-13-12-17(20(23)15(13)5-2)21-22(3)19-16-9-7-6-8-14(16)10-11-18(19)24-21/h4-12,15H,1-2H2,3H3. The topological polar surface area (TPSA) is 20.3 Å². The maximum absolute atomic E-state index is 12.8. The van der Waals surface area contributed by atoms with Gasteiger partial charge in [0.2, 0.25) is 0 Å². The van der Waals surface area contributed by atoms with E-state index in [1.165, 1.54) is 21.4 Å². The van der Waals surface area contributed by atoms with Gasteiger partial charge in [-0.05, 0) is 23.1 Å². The molecule has 1 atom stereocenters. The Hall–Kier alpha value is -2.52. The van der Waals surface area contributed by atoms with E-state index >= 15 is 0 Å². The summed E-state index contributed by atoms with van der Waals surface area (Å²) in [6.45, 7) is 7.62. The smallest absolute Gasteiger partial charge is 0.176 e. The van der Waals surface area contributed by atoms with Crippen LogP contribution < -0.4 is 4.90 Å². The van der Waals surface area contributed by atoms with E-state index in [0.29, 0.717) is 0 Å². The van der Waals surface area contributed by atoms with Crippen LogP contribution in [-0.4, -0.2) is 12.8 Å². The molecule has 0 saturated heterocycles. The number of benzene rings is 2. The number of fused-ring (bicyclic) bond motifs is 3. The molecule has 2 nitrogen and oxygen atoms in total. The number of Topliss-reactive ketones (excluding diaryl/α,β-unsaturated/α-hetero) is 1. The second-order valence-corrected chi connectivity index (χ2v) is 6.97. The summed E-state index contributed by atoms with van der Waals surface area (Å²) in [6, 6.07) is 12.6. The van der Waals surface area contributed by atoms with Crippen molar-refractivity contribution in [2.75, 3.05) is 11.9 Å². The lowest BCUT2D eigenvalue weighted by molar-refractivity contribution is -0.116. The molecule has 0 saturated carbocycles. The molecular weight excluding hydrogens is 314 g/mol. The van der Waals surface area contributed by atoms with Gasteiger partial charge in [0.05, 0.1) is 16.6 Å². The second-order valence-electron chi connectivity index (χ2n) is 5.94. The van der Waals surface area contributed by atoms with Gasteiger partial charge in [0.15, 0.2) is 5.78 Å². The van der Waals surface area contributed by atoms with Crippen LogP contribution in [0.4, 0.5) is 5.69 Å². The summed E-state index contributed by atoms with van der Waals surface area (Å²) in [5.41, 5.74) is 2.85. The molecule has 0 bridgehead atoms. The molecule has 0 N–H and O–H groups in total. The summed E-state index contributed by atoms with van der Waals surface area (Å²) in [6.07, 6.45) is 5.40. The van der Waals surface area contributed by atoms with Crippen molar-refractivity contribution in [1.29, 1.82) is 0 Å². The molecule has 0 aromatic heterocycles. The molecule has 0 fully saturated rings. The van der Waals surface area contributed by atoms with Crippen molar-refractivity contribution in [3.8, 4) is 0 Å². The SMILES string of the molecule is C=CC1=CC(=C2Sc3ccc4ccccc4c3N2C)C(=O)C1C=C. The van der Waals surface area contributed by atoms with E-state index in [2.05, 4.69) is 48.4 Å². The average Bonchev–Trinajstić information content (AvgIpc) is 3.11. The molecule has 2 aromatic rings. The molecule has 118 valence electrons. The van der Waals surface area contributed by atoms with Gasteiger partial charge >= 0.3 is 0 Å². The molecule has 0 amide bonds. The van der Waals surface area contributed by atoms with Crippen LogP contribution in [0.25, 0.3) is 10.8 Å². The van der Waals surface area contributed by atoms with E-state index < -0.39 is 0 Å². The van der Waals surface area contributed by atoms with E-state index in [4.69, 9.17) is 0 Å². The first-order valence-electron chi connectivity index (χ1n) is 7.84. The highest BCUT2D eigenvalue weighted by Crippen LogP contribution is 2.51. The van der Waals surface area contributed by atoms with Gasteiger partial charge in [-0.15, -0.1) is 6.58 Å². The van der Waals surface area contributed by atoms with Crippen molar-refractivity contribution in [2.45, 2.75) is 4.90 Å². The number of carbonyl (C=O) groups is 1. The predicted molar refractivity (Wildman–Crippen MR) is 102 cm³/mol. The Labute approximate surface area is 145 Å². The fourth-order valence-electron chi connectivity index (χ4n) is 3.42. The highest BCUT2D eigenvalue weighted by molar-refractivity contribution is 8.03. The Bertz CT molecular complexity index is 967. The normalized spacial score (nSPS) is 22.7. The third-order valence-electron chi connectivity index (χ3n) is 4.63. The van der Waals surface area contributed by atoms with Crippen molar-refractivity contribution in [2.24, 2.45) is 5.92 Å². The Balaban J connectivity index is 1.90. The summed E-state index contributed by atoms with van der Waals surface area (Å²) >= 11 is 1.66. The number of anilines is 1. The maximum atomic E-state index is 12.8. The number of hydrogen-bond acceptors (Lipinski definition) is 3. The van der Waals surface area contributed by atoms with Gasteiger partial charge in [0, 0.05) is 22.9 Å². The van der Waals surface area contributed by atoms with Crippen molar-refractivity contribution in [1.82, 2.24) is 0 Å². The van der Waals surface area contributed by atoms with Crippen LogP contribution in [0.1, 0.15) is 0 Å². The van der Waals surface area contributed by atoms with Gasteiger partial charge in [-0.25, -0.2) is 0 Å². The molecule has 0 radical (unpaired) electrons. The first kappa shape index (κ1) is 15.0. The van der Waals surface area contributed by atoms with Crippen LogP contribution in [0, 0.1) is 5.92 Å². The van der Waals surface area contributed by atoms with Gasteiger partial charge in [0.1, 0.15) is 0 Å². The Morgan fingerprint density at radius 2 is 1.96 bits per heavy atom. The largest absolute Gasteiger partial charge is 0.337 e. The summed E-state index contributed by atoms with van der Waals surface area (Å²) in [7, 11) is 2.03. The van der Waals surface area contributed by atoms with Gasteiger partial charge < -0.3 is 4.90 Å². The van der Waals surface area contributed by atoms with Crippen LogP contribution in [0.2, 0.25) is 0 Å². The highest BCUT2D eigenvalue weighted by atomic mass is 32.2. The molecule has 4 rings (SSSR count). The summed E-state index contributed by atoms with van der Waals surface area (Å²) in [5, 5.41) is 3.40. The minimum atomic E-state index is -0.278. The van der Waals surface area contributed by atoms with Crippen molar-refractivity contribution >= 4 is 34.0 Å². The zero-order valence-electron chi connectivity index (χ0n) is 13.5. The van der Waals surface area contributed by atoms with Crippen molar-refractivity contribution in [3.63, 3.8) is 0 Å². The molecule has 1 unspecified atom stereocenters. The Morgan fingerprint density at radius 3 is 2.67 bits per heavy atom. The zero-order chi connectivity index (χ0) is 16.8. The van der Waals surface area contributed by atoms with E-state index in [0.717, 1.165) is 16.2 Å². The Kier molecular flexibility index (Phi) is 3.47. The number of rotatable bonds is 2. The predicted octanol–water partition coefficient (Wildman–Crippen LogP) is 5.09. The Morgan fingerprint density at radius 1 is 1.17 bits per heavy atom. The maximum Gasteiger partial charge on any atom is 0.176 e. The number of allylic oxidation sites excluding steroid dienone is 5. The van der Waals surface area contributed by atoms with Gasteiger partial charge in [0.25, 0.3) is 0 Å². The zero-order valence-corrected chi connectivity index (χ0v) is 14.3. The van der Waals surface area contributed by atoms with E-state index in [-0.39, 0.29) is 11.7 Å². The minimum Gasteiger partial charge on any atom is -0.337 e. The fourth-order valence-corrected chi connectivity index (χ4v) is 4.60. The highest BCUT2D eigenvalue weighted by Gasteiger charge is 2.34. The quantitative estimate of drug-likeness (QED) is 0.565. The molecular formula is C21H17NOS. The molecule has 1 aliphatic carbocycles. The molecule has 1 heterocycles. The molecule has 24 heavy (non-hydrogen) atoms. The lowest BCUT2D eigenvalue weighted by atomic mass is 10.0. The van der Waals surface area contributed by atoms with Gasteiger partial charge in [-0.2, -0.15) is 0 Å². The number of ketones is 1. The molecule has 1 aliphatic heterocycles. The van der Waals surface area contributed by atoms with E-state index in [1.54, 1.807) is 23.9 Å². The third kappa shape index (κ3) is 2.01. The summed E-state index contributed by atoms with van der Waals surface area (Å²) in [5.74, 6) is -0.175. The number of carbonyl (C=O) groups excluding carboxylic acids is 1. The first-order valence-corrected chi connectivity index (χ1v) is 8.65. The van der Waals surface area contributed by atoms with Crippen molar-refractivity contribution in [3.05, 3.63) is 84.0 Å². The molecule has 2 aliphatic rings. The fraction of sp³-hybridized carbons (Fsp3) is 0.0952. The average molecular weight is 331 g/mol. The molecule has 2 aromatic carbocycles. The number of thioether (sulfide) groups is 1. The molecule has 0 spiro atoms. The monoisotopic (exact) mass is 331 g/mol. The van der Waals surface area contributed by atoms with Crippen LogP contribution in [0.5, 0.6) is 0 Å². The van der Waals surface area contributed by atoms with Crippen molar-refractivity contribution < 1.29 is 4.79 Å². The second kappa shape index (κ2) is 5.53. The third-order valence-corrected chi connectivity index (χ3v) is 5.87. The van der Waals surface area contributed by atoms with Gasteiger partial charge in [-0.3, -0.25) is 4.79 Å². The van der Waals surface area contributed by atoms with E-state index in [9.17, 15) is 4.79 Å². The lowest BCUT2D eigenvalue weighted by Crippen LogP contribution is -2.16. The summed E-state index contributed by atoms with van der Waals surface area (Å²) in [4.78, 5) is 16.1. The number of hydrogen-bond donors (Lipinski definition) is 0.